The molecule has 50 valence electrons. The summed E-state index contributed by atoms with van der Waals surface area (Å²) in [4.78, 5) is 0. The van der Waals surface area contributed by atoms with E-state index >= 15 is 0 Å². The lowest BCUT2D eigenvalue weighted by atomic mass is 10.6. The van der Waals surface area contributed by atoms with E-state index in [4.69, 9.17) is 0 Å². The van der Waals surface area contributed by atoms with E-state index in [9.17, 15) is 0 Å². The molecule has 0 unspecified atom stereocenters. The Morgan fingerprint density at radius 1 is 1.14 bits per heavy atom. The summed E-state index contributed by atoms with van der Waals surface area (Å²) in [5.74, 6) is 0. The molecule has 0 aromatic rings. The summed E-state index contributed by atoms with van der Waals surface area (Å²) in [6, 6.07) is 1.46. The number of hydrogen-bond acceptors (Lipinski definition) is 0. The van der Waals surface area contributed by atoms with Gasteiger partial charge >= 0.3 is 0 Å². The molecule has 0 nitrogen and oxygen atoms in total. The Bertz CT molecular complexity index is 12.1. The van der Waals surface area contributed by atoms with Crippen molar-refractivity contribution >= 4 is 61.2 Å². The Hall–Kier alpha value is 1.66. The molecule has 0 heterocycles. The molecule has 0 fully saturated rings. The van der Waals surface area contributed by atoms with E-state index in [1.54, 1.807) is 0 Å². The first-order valence-corrected chi connectivity index (χ1v) is 3.33. The maximum atomic E-state index is 2.22. The van der Waals surface area contributed by atoms with Gasteiger partial charge < -0.3 is 0 Å². The lowest BCUT2D eigenvalue weighted by Crippen LogP contribution is -1.55. The van der Waals surface area contributed by atoms with Crippen LogP contribution in [0.3, 0.4) is 0 Å². The van der Waals surface area contributed by atoms with Gasteiger partial charge in [-0.3, -0.25) is 0 Å². The van der Waals surface area contributed by atoms with Crippen molar-refractivity contribution in [2.75, 3.05) is 0 Å². The molecular formula is C3H13Br3Si. The fourth-order valence-corrected chi connectivity index (χ4v) is 0. The van der Waals surface area contributed by atoms with Crippen LogP contribution in [0.25, 0.3) is 0 Å². The van der Waals surface area contributed by atoms with Crippen LogP contribution in [0, 0.1) is 0 Å². The SMILES string of the molecule is Br.Br.Br.CCC[SiH3]. The highest BCUT2D eigenvalue weighted by atomic mass is 79.9. The molecule has 0 spiro atoms. The first-order chi connectivity index (χ1) is 1.91. The van der Waals surface area contributed by atoms with Gasteiger partial charge in [0, 0.05) is 10.2 Å². The van der Waals surface area contributed by atoms with Gasteiger partial charge in [-0.2, -0.15) is 0 Å². The van der Waals surface area contributed by atoms with E-state index in [-0.39, 0.29) is 50.9 Å². The van der Waals surface area contributed by atoms with Gasteiger partial charge in [0.25, 0.3) is 0 Å². The van der Waals surface area contributed by atoms with Crippen molar-refractivity contribution in [3.63, 3.8) is 0 Å². The maximum Gasteiger partial charge on any atom is 0.00278 e. The molecule has 0 aliphatic carbocycles. The standard InChI is InChI=1S/C3H10Si.3BrH/c1-2-3-4;;;/h2-3H2,1,4H3;3*1H. The van der Waals surface area contributed by atoms with Crippen molar-refractivity contribution in [1.82, 2.24) is 0 Å². The molecule has 0 atom stereocenters. The third-order valence-electron chi connectivity index (χ3n) is 0.500. The Labute approximate surface area is 80.2 Å². The zero-order chi connectivity index (χ0) is 3.41. The predicted molar refractivity (Wildman–Crippen MR) is 56.0 cm³/mol. The fraction of sp³-hybridized carbons (Fsp3) is 1.00. The quantitative estimate of drug-likeness (QED) is 0.648. The normalized spacial score (nSPS) is 4.71. The lowest BCUT2D eigenvalue weighted by Gasteiger charge is -1.67. The molecule has 0 bridgehead atoms. The summed E-state index contributed by atoms with van der Waals surface area (Å²) < 4.78 is 0. The van der Waals surface area contributed by atoms with Gasteiger partial charge in [-0.15, -0.1) is 50.9 Å². The molecule has 0 aliphatic heterocycles. The molecule has 7 heavy (non-hydrogen) atoms. The van der Waals surface area contributed by atoms with Crippen LogP contribution in [0.1, 0.15) is 13.3 Å². The molecule has 0 aromatic carbocycles. The van der Waals surface area contributed by atoms with Crippen LogP contribution < -0.4 is 0 Å². The second-order valence-corrected chi connectivity index (χ2v) is 2.00. The van der Waals surface area contributed by atoms with Gasteiger partial charge in [0.05, 0.1) is 0 Å². The second kappa shape index (κ2) is 25.4. The average molecular weight is 317 g/mol. The van der Waals surface area contributed by atoms with Gasteiger partial charge in [0.15, 0.2) is 0 Å². The van der Waals surface area contributed by atoms with Gasteiger partial charge in [0.1, 0.15) is 0 Å². The molecule has 0 amide bonds. The first kappa shape index (κ1) is 23.4. The van der Waals surface area contributed by atoms with Crippen LogP contribution in [-0.4, -0.2) is 10.2 Å². The molecule has 0 rings (SSSR count). The van der Waals surface area contributed by atoms with Crippen molar-refractivity contribution < 1.29 is 0 Å². The summed E-state index contributed by atoms with van der Waals surface area (Å²) in [5.41, 5.74) is 0. The van der Waals surface area contributed by atoms with Gasteiger partial charge in [0.2, 0.25) is 0 Å². The van der Waals surface area contributed by atoms with Gasteiger partial charge in [-0.05, 0) is 0 Å². The third kappa shape index (κ3) is 34.7. The molecular weight excluding hydrogens is 304 g/mol. The zero-order valence-corrected chi connectivity index (χ0v) is 11.8. The molecule has 0 aliphatic rings. The van der Waals surface area contributed by atoms with Crippen molar-refractivity contribution in [3.05, 3.63) is 0 Å². The largest absolute Gasteiger partial charge is 0.114 e. The minimum Gasteiger partial charge on any atom is -0.114 e. The topological polar surface area (TPSA) is 0 Å². The van der Waals surface area contributed by atoms with Crippen LogP contribution in [0.4, 0.5) is 0 Å². The van der Waals surface area contributed by atoms with E-state index in [1.807, 2.05) is 0 Å². The van der Waals surface area contributed by atoms with E-state index in [0.29, 0.717) is 0 Å². The molecule has 0 saturated carbocycles. The lowest BCUT2D eigenvalue weighted by molar-refractivity contribution is 1.08. The van der Waals surface area contributed by atoms with Crippen LogP contribution in [-0.2, 0) is 0 Å². The van der Waals surface area contributed by atoms with Crippen molar-refractivity contribution in [2.24, 2.45) is 0 Å². The highest BCUT2D eigenvalue weighted by molar-refractivity contribution is 8.93. The minimum absolute atomic E-state index is 0. The Balaban J connectivity index is -0.0000000150. The first-order valence-electron chi connectivity index (χ1n) is 1.91. The smallest absolute Gasteiger partial charge is 0.00278 e. The monoisotopic (exact) mass is 314 g/mol. The van der Waals surface area contributed by atoms with Crippen LogP contribution in [0.15, 0.2) is 0 Å². The number of halogens is 3. The highest BCUT2D eigenvalue weighted by Crippen LogP contribution is 1.73. The molecule has 0 N–H and O–H groups in total. The predicted octanol–water partition coefficient (Wildman–Crippen LogP) is 1.91. The highest BCUT2D eigenvalue weighted by Gasteiger charge is 1.57. The maximum absolute atomic E-state index is 2.22. The molecule has 4 heteroatoms. The van der Waals surface area contributed by atoms with Crippen LogP contribution >= 0.6 is 50.9 Å². The summed E-state index contributed by atoms with van der Waals surface area (Å²) >= 11 is 0. The minimum atomic E-state index is 0. The van der Waals surface area contributed by atoms with Crippen molar-refractivity contribution in [2.45, 2.75) is 19.4 Å². The Kier molecular flexibility index (Phi) is 84.8. The Morgan fingerprint density at radius 3 is 1.29 bits per heavy atom. The summed E-state index contributed by atoms with van der Waals surface area (Å²) in [6.45, 7) is 2.22. The van der Waals surface area contributed by atoms with Gasteiger partial charge in [-0.25, -0.2) is 0 Å². The van der Waals surface area contributed by atoms with E-state index in [1.165, 1.54) is 22.7 Å². The molecule has 0 aromatic heterocycles. The second-order valence-electron chi connectivity index (χ2n) is 1.000. The van der Waals surface area contributed by atoms with Crippen LogP contribution in [0.2, 0.25) is 6.04 Å². The summed E-state index contributed by atoms with van der Waals surface area (Å²) in [6.07, 6.45) is 1.38. The summed E-state index contributed by atoms with van der Waals surface area (Å²) in [7, 11) is 1.39. The average Bonchev–Trinajstić information content (AvgIpc) is 1.37. The van der Waals surface area contributed by atoms with Crippen molar-refractivity contribution in [3.8, 4) is 0 Å². The fourth-order valence-electron chi connectivity index (χ4n) is 0. The molecule has 0 radical (unpaired) electrons. The number of hydrogen-bond donors (Lipinski definition) is 0. The van der Waals surface area contributed by atoms with Crippen molar-refractivity contribution in [1.29, 1.82) is 0 Å². The van der Waals surface area contributed by atoms with E-state index in [2.05, 4.69) is 6.92 Å². The van der Waals surface area contributed by atoms with E-state index < -0.39 is 0 Å². The molecule has 0 saturated heterocycles. The van der Waals surface area contributed by atoms with Gasteiger partial charge in [-0.1, -0.05) is 19.4 Å². The number of rotatable bonds is 1. The Morgan fingerprint density at radius 2 is 1.29 bits per heavy atom. The summed E-state index contributed by atoms with van der Waals surface area (Å²) in [5, 5.41) is 0. The van der Waals surface area contributed by atoms with Crippen LogP contribution in [0.5, 0.6) is 0 Å². The van der Waals surface area contributed by atoms with E-state index in [0.717, 1.165) is 0 Å². The zero-order valence-electron chi connectivity index (χ0n) is 4.64. The third-order valence-corrected chi connectivity index (χ3v) is 1.50.